The van der Waals surface area contributed by atoms with E-state index in [1.807, 2.05) is 24.3 Å². The number of hydrogen-bond donors (Lipinski definition) is 2. The van der Waals surface area contributed by atoms with Gasteiger partial charge in [0.1, 0.15) is 6.54 Å². The van der Waals surface area contributed by atoms with E-state index >= 15 is 0 Å². The van der Waals surface area contributed by atoms with E-state index in [9.17, 15) is 9.59 Å². The number of urea groups is 1. The molecular formula is C14H20N2O3. The smallest absolute Gasteiger partial charge is 0.323 e. The van der Waals surface area contributed by atoms with Crippen molar-refractivity contribution in [2.45, 2.75) is 26.3 Å². The van der Waals surface area contributed by atoms with Gasteiger partial charge in [0.2, 0.25) is 0 Å². The van der Waals surface area contributed by atoms with Gasteiger partial charge in [-0.2, -0.15) is 0 Å². The SMILES string of the molecule is CC(C)c1ccc(CNC(=O)N(C)CC(=O)O)cc1. The summed E-state index contributed by atoms with van der Waals surface area (Å²) in [6.07, 6.45) is 0. The molecule has 0 aliphatic carbocycles. The van der Waals surface area contributed by atoms with Crippen LogP contribution in [0.25, 0.3) is 0 Å². The molecule has 5 heteroatoms. The number of nitrogens with zero attached hydrogens (tertiary/aromatic N) is 1. The van der Waals surface area contributed by atoms with E-state index in [1.165, 1.54) is 12.6 Å². The number of nitrogens with one attached hydrogen (secondary N) is 1. The van der Waals surface area contributed by atoms with Crippen LogP contribution in [-0.4, -0.2) is 35.6 Å². The normalized spacial score (nSPS) is 10.3. The van der Waals surface area contributed by atoms with E-state index in [1.54, 1.807) is 0 Å². The van der Waals surface area contributed by atoms with E-state index in [0.29, 0.717) is 12.5 Å². The number of amides is 2. The summed E-state index contributed by atoms with van der Waals surface area (Å²) in [5, 5.41) is 11.3. The van der Waals surface area contributed by atoms with Crippen molar-refractivity contribution in [2.24, 2.45) is 0 Å². The van der Waals surface area contributed by atoms with Crippen molar-refractivity contribution in [2.75, 3.05) is 13.6 Å². The van der Waals surface area contributed by atoms with Gasteiger partial charge in [-0.3, -0.25) is 4.79 Å². The summed E-state index contributed by atoms with van der Waals surface area (Å²) in [5.74, 6) is -0.552. The minimum atomic E-state index is -1.03. The molecule has 0 aromatic heterocycles. The minimum Gasteiger partial charge on any atom is -0.480 e. The third-order valence-corrected chi connectivity index (χ3v) is 2.81. The molecule has 1 rings (SSSR count). The van der Waals surface area contributed by atoms with Crippen molar-refractivity contribution in [3.63, 3.8) is 0 Å². The van der Waals surface area contributed by atoms with Crippen LogP contribution < -0.4 is 5.32 Å². The molecule has 5 nitrogen and oxygen atoms in total. The van der Waals surface area contributed by atoms with Gasteiger partial charge in [0, 0.05) is 13.6 Å². The molecule has 1 aromatic rings. The van der Waals surface area contributed by atoms with Crippen LogP contribution in [0.4, 0.5) is 4.79 Å². The van der Waals surface area contributed by atoms with Gasteiger partial charge in [-0.1, -0.05) is 38.1 Å². The molecule has 104 valence electrons. The highest BCUT2D eigenvalue weighted by molar-refractivity contribution is 5.79. The van der Waals surface area contributed by atoms with Gasteiger partial charge in [0.05, 0.1) is 0 Å². The summed E-state index contributed by atoms with van der Waals surface area (Å²) in [7, 11) is 1.45. The Labute approximate surface area is 113 Å². The number of carbonyl (C=O) groups excluding carboxylic acids is 1. The van der Waals surface area contributed by atoms with E-state index in [0.717, 1.165) is 10.5 Å². The fraction of sp³-hybridized carbons (Fsp3) is 0.429. The summed E-state index contributed by atoms with van der Waals surface area (Å²) in [5.41, 5.74) is 2.24. The van der Waals surface area contributed by atoms with Crippen LogP contribution in [-0.2, 0) is 11.3 Å². The Balaban J connectivity index is 2.48. The van der Waals surface area contributed by atoms with Crippen LogP contribution in [0.15, 0.2) is 24.3 Å². The van der Waals surface area contributed by atoms with Crippen molar-refractivity contribution in [3.05, 3.63) is 35.4 Å². The molecule has 0 fully saturated rings. The lowest BCUT2D eigenvalue weighted by atomic mass is 10.0. The van der Waals surface area contributed by atoms with Gasteiger partial charge in [-0.25, -0.2) is 4.79 Å². The molecule has 2 N–H and O–H groups in total. The van der Waals surface area contributed by atoms with Crippen molar-refractivity contribution < 1.29 is 14.7 Å². The molecule has 0 atom stereocenters. The second kappa shape index (κ2) is 6.78. The molecule has 19 heavy (non-hydrogen) atoms. The second-order valence-electron chi connectivity index (χ2n) is 4.80. The van der Waals surface area contributed by atoms with Gasteiger partial charge >= 0.3 is 12.0 Å². The molecule has 0 heterocycles. The number of likely N-dealkylation sites (N-methyl/N-ethyl adjacent to an activating group) is 1. The van der Waals surface area contributed by atoms with E-state index in [4.69, 9.17) is 5.11 Å². The molecule has 0 saturated carbocycles. The van der Waals surface area contributed by atoms with E-state index in [-0.39, 0.29) is 6.54 Å². The lowest BCUT2D eigenvalue weighted by molar-refractivity contribution is -0.137. The first kappa shape index (κ1) is 15.0. The third kappa shape index (κ3) is 4.99. The summed E-state index contributed by atoms with van der Waals surface area (Å²) < 4.78 is 0. The number of carboxylic acid groups (broad SMARTS) is 1. The highest BCUT2D eigenvalue weighted by Crippen LogP contribution is 2.14. The first-order valence-electron chi connectivity index (χ1n) is 6.19. The van der Waals surface area contributed by atoms with Crippen molar-refractivity contribution in [1.82, 2.24) is 10.2 Å². The molecule has 2 amide bonds. The van der Waals surface area contributed by atoms with E-state index < -0.39 is 12.0 Å². The topological polar surface area (TPSA) is 69.6 Å². The van der Waals surface area contributed by atoms with Gasteiger partial charge < -0.3 is 15.3 Å². The Morgan fingerprint density at radius 2 is 1.84 bits per heavy atom. The van der Waals surface area contributed by atoms with Gasteiger partial charge in [-0.15, -0.1) is 0 Å². The highest BCUT2D eigenvalue weighted by atomic mass is 16.4. The highest BCUT2D eigenvalue weighted by Gasteiger charge is 2.11. The number of rotatable bonds is 5. The fourth-order valence-corrected chi connectivity index (χ4v) is 1.61. The number of aliphatic carboxylic acids is 1. The van der Waals surface area contributed by atoms with Crippen LogP contribution in [0.3, 0.4) is 0 Å². The lowest BCUT2D eigenvalue weighted by Gasteiger charge is -2.15. The average Bonchev–Trinajstić information content (AvgIpc) is 2.35. The molecule has 0 spiro atoms. The molecule has 0 saturated heterocycles. The zero-order valence-electron chi connectivity index (χ0n) is 11.5. The van der Waals surface area contributed by atoms with Crippen molar-refractivity contribution in [3.8, 4) is 0 Å². The molecule has 0 aliphatic rings. The Hall–Kier alpha value is -2.04. The van der Waals surface area contributed by atoms with Gasteiger partial charge in [-0.05, 0) is 17.0 Å². The van der Waals surface area contributed by atoms with Crippen LogP contribution >= 0.6 is 0 Å². The lowest BCUT2D eigenvalue weighted by Crippen LogP contribution is -2.39. The molecule has 0 bridgehead atoms. The zero-order chi connectivity index (χ0) is 14.4. The largest absolute Gasteiger partial charge is 0.480 e. The quantitative estimate of drug-likeness (QED) is 0.855. The molecule has 0 aliphatic heterocycles. The first-order valence-corrected chi connectivity index (χ1v) is 6.19. The third-order valence-electron chi connectivity index (χ3n) is 2.81. The van der Waals surface area contributed by atoms with Crippen LogP contribution in [0, 0.1) is 0 Å². The summed E-state index contributed by atoms with van der Waals surface area (Å²) in [6.45, 7) is 4.33. The maximum atomic E-state index is 11.6. The monoisotopic (exact) mass is 264 g/mol. The molecule has 1 aromatic carbocycles. The second-order valence-corrected chi connectivity index (χ2v) is 4.80. The van der Waals surface area contributed by atoms with Gasteiger partial charge in [0.25, 0.3) is 0 Å². The number of carboxylic acids is 1. The Kier molecular flexibility index (Phi) is 5.36. The fourth-order valence-electron chi connectivity index (χ4n) is 1.61. The summed E-state index contributed by atoms with van der Waals surface area (Å²) >= 11 is 0. The van der Waals surface area contributed by atoms with E-state index in [2.05, 4.69) is 19.2 Å². The van der Waals surface area contributed by atoms with Crippen LogP contribution in [0.1, 0.15) is 30.9 Å². The predicted octanol–water partition coefficient (Wildman–Crippen LogP) is 2.04. The maximum Gasteiger partial charge on any atom is 0.323 e. The molecular weight excluding hydrogens is 244 g/mol. The minimum absolute atomic E-state index is 0.307. The molecule has 0 unspecified atom stereocenters. The van der Waals surface area contributed by atoms with Crippen LogP contribution in [0.5, 0.6) is 0 Å². The number of benzene rings is 1. The van der Waals surface area contributed by atoms with Crippen molar-refractivity contribution in [1.29, 1.82) is 0 Å². The summed E-state index contributed by atoms with van der Waals surface area (Å²) in [6, 6.07) is 7.61. The Morgan fingerprint density at radius 1 is 1.26 bits per heavy atom. The Morgan fingerprint density at radius 3 is 2.32 bits per heavy atom. The number of hydrogen-bond acceptors (Lipinski definition) is 2. The summed E-state index contributed by atoms with van der Waals surface area (Å²) in [4.78, 5) is 23.2. The number of carbonyl (C=O) groups is 2. The zero-order valence-corrected chi connectivity index (χ0v) is 11.5. The average molecular weight is 264 g/mol. The maximum absolute atomic E-state index is 11.6. The standard InChI is InChI=1S/C14H20N2O3/c1-10(2)12-6-4-11(5-7-12)8-15-14(19)16(3)9-13(17)18/h4-7,10H,8-9H2,1-3H3,(H,15,19)(H,17,18). The van der Waals surface area contributed by atoms with Gasteiger partial charge in [0.15, 0.2) is 0 Å². The molecule has 0 radical (unpaired) electrons. The van der Waals surface area contributed by atoms with Crippen LogP contribution in [0.2, 0.25) is 0 Å². The Bertz CT molecular complexity index is 441. The predicted molar refractivity (Wildman–Crippen MR) is 73.0 cm³/mol. The van der Waals surface area contributed by atoms with Crippen molar-refractivity contribution >= 4 is 12.0 Å². The first-order chi connectivity index (χ1) is 8.90.